The largest absolute Gasteiger partial charge is 0.573 e. The van der Waals surface area contributed by atoms with Crippen LogP contribution in [0.25, 0.3) is 0 Å². The molecule has 1 aliphatic heterocycles. The van der Waals surface area contributed by atoms with Crippen molar-refractivity contribution >= 4 is 75.7 Å². The van der Waals surface area contributed by atoms with Crippen molar-refractivity contribution in [1.29, 1.82) is 0 Å². The van der Waals surface area contributed by atoms with Crippen LogP contribution in [0, 0.1) is 5.82 Å². The van der Waals surface area contributed by atoms with Gasteiger partial charge in [-0.15, -0.1) is 13.2 Å². The number of aromatic nitrogens is 2. The fourth-order valence-corrected chi connectivity index (χ4v) is 8.49. The fraction of sp³-hybridized carbons (Fsp3) is 0.333. The lowest BCUT2D eigenvalue weighted by molar-refractivity contribution is -0.274. The summed E-state index contributed by atoms with van der Waals surface area (Å²) in [5.74, 6) is -0.916. The molecule has 364 valence electrons. The molecule has 1 aliphatic carbocycles. The van der Waals surface area contributed by atoms with Crippen LogP contribution in [-0.4, -0.2) is 91.4 Å². The second kappa shape index (κ2) is 23.7. The van der Waals surface area contributed by atoms with Gasteiger partial charge in [0.15, 0.2) is 5.11 Å². The summed E-state index contributed by atoms with van der Waals surface area (Å²) in [5, 5.41) is 13.1. The maximum absolute atomic E-state index is 14.2. The molecule has 0 radical (unpaired) electrons. The molecule has 5 aromatic rings. The normalized spacial score (nSPS) is 15.5. The number of thiocarbonyl (C=S) groups is 1. The molecular formula is C48H50Cl2F4N10O4S. The number of hydrogen-bond acceptors (Lipinski definition) is 7. The molecule has 0 unspecified atom stereocenters. The molecule has 3 aromatic carbocycles. The number of nitrogens with one attached hydrogen (secondary N) is 4. The summed E-state index contributed by atoms with van der Waals surface area (Å²) in [7, 11) is 0. The number of hydrogen-bond donors (Lipinski definition) is 4. The second-order valence-corrected chi connectivity index (χ2v) is 17.8. The summed E-state index contributed by atoms with van der Waals surface area (Å²) in [6, 6.07) is 24.4. The third-order valence-corrected chi connectivity index (χ3v) is 12.2. The van der Waals surface area contributed by atoms with Gasteiger partial charge in [-0.25, -0.2) is 18.8 Å². The Kier molecular flexibility index (Phi) is 17.3. The van der Waals surface area contributed by atoms with E-state index in [1.807, 2.05) is 17.0 Å². The molecule has 0 atom stereocenters. The number of benzene rings is 3. The molecule has 14 nitrogen and oxygen atoms in total. The fourth-order valence-electron chi connectivity index (χ4n) is 7.88. The molecule has 21 heteroatoms. The quantitative estimate of drug-likeness (QED) is 0.0998. The van der Waals surface area contributed by atoms with Gasteiger partial charge in [-0.2, -0.15) is 0 Å². The molecule has 2 aliphatic rings. The third kappa shape index (κ3) is 15.5. The second-order valence-electron chi connectivity index (χ2n) is 16.6. The number of amides is 6. The number of anilines is 3. The summed E-state index contributed by atoms with van der Waals surface area (Å²) >= 11 is 18.9. The van der Waals surface area contributed by atoms with E-state index in [-0.39, 0.29) is 75.2 Å². The molecule has 7 rings (SSSR count). The number of rotatable bonds is 5. The van der Waals surface area contributed by atoms with Gasteiger partial charge >= 0.3 is 24.5 Å². The first-order chi connectivity index (χ1) is 33.1. The van der Waals surface area contributed by atoms with Gasteiger partial charge in [0, 0.05) is 48.6 Å². The molecular weight excluding hydrogens is 960 g/mol. The molecule has 1 saturated carbocycles. The highest BCUT2D eigenvalue weighted by molar-refractivity contribution is 7.80. The molecule has 69 heavy (non-hydrogen) atoms. The molecule has 6 amide bonds. The van der Waals surface area contributed by atoms with Crippen LogP contribution in [0.5, 0.6) is 5.75 Å². The monoisotopic (exact) mass is 1010 g/mol. The number of pyridine rings is 2. The average Bonchev–Trinajstić information content (AvgIpc) is 3.31. The van der Waals surface area contributed by atoms with E-state index in [0.29, 0.717) is 50.6 Å². The van der Waals surface area contributed by atoms with Crippen molar-refractivity contribution in [3.63, 3.8) is 0 Å². The third-order valence-electron chi connectivity index (χ3n) is 11.3. The number of urea groups is 3. The standard InChI is InChI=1S/C48H50Cl2F4N10O4S/c49-32-13-22-42(50)43(27-32)60-47(69)63-26-25-61(44(65)57-34-7-2-1-3-8-34)23-6-24-62(45(66)58-36-18-20-41(21-19-36)68-48(52,53)54)28-37-9-4-11-39(55-37)30-64(31-40-12-5-10-38(29-63)56-40)46(67)59-35-16-14-33(51)15-17-35/h4-5,9-22,27,34H,1-3,6-8,23-26,28-31H2,(H,57,65)(H,58,66)(H,59,67)(H,60,69). The first-order valence-corrected chi connectivity index (χ1v) is 23.5. The summed E-state index contributed by atoms with van der Waals surface area (Å²) < 4.78 is 56.5. The minimum Gasteiger partial charge on any atom is -0.406 e. The van der Waals surface area contributed by atoms with Gasteiger partial charge in [-0.1, -0.05) is 54.6 Å². The molecule has 0 saturated heterocycles. The Hall–Kier alpha value is -6.44. The maximum Gasteiger partial charge on any atom is 0.573 e. The van der Waals surface area contributed by atoms with Gasteiger partial charge in [-0.05, 0) is 122 Å². The molecule has 0 spiro atoms. The highest BCUT2D eigenvalue weighted by Gasteiger charge is 2.31. The van der Waals surface area contributed by atoms with Crippen LogP contribution in [0.1, 0.15) is 61.3 Å². The number of nitrogens with zero attached hydrogens (tertiary/aromatic N) is 6. The van der Waals surface area contributed by atoms with Gasteiger partial charge in [-0.3, -0.25) is 9.97 Å². The van der Waals surface area contributed by atoms with Crippen molar-refractivity contribution in [3.8, 4) is 5.75 Å². The van der Waals surface area contributed by atoms with E-state index >= 15 is 0 Å². The van der Waals surface area contributed by atoms with E-state index < -0.39 is 30.0 Å². The number of alkyl halides is 3. The van der Waals surface area contributed by atoms with Crippen LogP contribution in [0.4, 0.5) is 49.0 Å². The summed E-state index contributed by atoms with van der Waals surface area (Å²) in [6.07, 6.45) is 0.246. The number of fused-ring (bicyclic) bond motifs is 4. The highest BCUT2D eigenvalue weighted by atomic mass is 35.5. The number of halogens is 6. The molecule has 4 N–H and O–H groups in total. The van der Waals surface area contributed by atoms with Crippen molar-refractivity contribution < 1.29 is 36.7 Å². The Morgan fingerprint density at radius 2 is 1.13 bits per heavy atom. The topological polar surface area (TPSA) is 147 Å². The van der Waals surface area contributed by atoms with Gasteiger partial charge in [0.25, 0.3) is 0 Å². The zero-order valence-corrected chi connectivity index (χ0v) is 39.6. The van der Waals surface area contributed by atoms with Gasteiger partial charge < -0.3 is 45.6 Å². The summed E-state index contributed by atoms with van der Waals surface area (Å²) in [4.78, 5) is 58.7. The van der Waals surface area contributed by atoms with E-state index in [1.165, 1.54) is 46.2 Å². The van der Waals surface area contributed by atoms with Crippen LogP contribution in [0.3, 0.4) is 0 Å². The number of carbonyl (C=O) groups excluding carboxylic acids is 3. The lowest BCUT2D eigenvalue weighted by Crippen LogP contribution is -2.49. The Morgan fingerprint density at radius 3 is 1.72 bits per heavy atom. The highest BCUT2D eigenvalue weighted by Crippen LogP contribution is 2.27. The van der Waals surface area contributed by atoms with E-state index in [2.05, 4.69) is 26.0 Å². The van der Waals surface area contributed by atoms with E-state index in [9.17, 15) is 31.9 Å². The zero-order valence-electron chi connectivity index (χ0n) is 37.3. The van der Waals surface area contributed by atoms with Gasteiger partial charge in [0.1, 0.15) is 11.6 Å². The minimum atomic E-state index is -4.89. The lowest BCUT2D eigenvalue weighted by atomic mass is 9.96. The smallest absolute Gasteiger partial charge is 0.406 e. The zero-order chi connectivity index (χ0) is 48.9. The SMILES string of the molecule is O=C(Nc1ccc(OC(F)(F)F)cc1)N1CCCN(C(=O)NC2CCCCC2)CCN(C(=S)Nc2cc(Cl)ccc2Cl)Cc2cccc(n2)CN(C(=O)Nc2ccc(F)cc2)Cc2cccc(n2)C1. The molecule has 4 bridgehead atoms. The van der Waals surface area contributed by atoms with Gasteiger partial charge in [0.05, 0.1) is 59.7 Å². The van der Waals surface area contributed by atoms with Crippen molar-refractivity contribution in [2.24, 2.45) is 0 Å². The number of ether oxygens (including phenoxy) is 1. The Balaban J connectivity index is 1.22. The minimum absolute atomic E-state index is 0.00307. The van der Waals surface area contributed by atoms with Crippen LogP contribution < -0.4 is 26.0 Å². The van der Waals surface area contributed by atoms with Gasteiger partial charge in [0.2, 0.25) is 0 Å². The first-order valence-electron chi connectivity index (χ1n) is 22.3. The molecule has 2 aromatic heterocycles. The van der Waals surface area contributed by atoms with Crippen molar-refractivity contribution in [3.05, 3.63) is 142 Å². The van der Waals surface area contributed by atoms with Crippen molar-refractivity contribution in [2.45, 2.75) is 77.1 Å². The Bertz CT molecular complexity index is 2580. The van der Waals surface area contributed by atoms with E-state index in [4.69, 9.17) is 45.4 Å². The van der Waals surface area contributed by atoms with E-state index in [0.717, 1.165) is 44.2 Å². The summed E-state index contributed by atoms with van der Waals surface area (Å²) in [6.45, 7) is 0.948. The van der Waals surface area contributed by atoms with Crippen LogP contribution in [0.15, 0.2) is 103 Å². The lowest BCUT2D eigenvalue weighted by Gasteiger charge is -2.32. The average molecular weight is 1010 g/mol. The van der Waals surface area contributed by atoms with Crippen molar-refractivity contribution in [1.82, 2.24) is 34.9 Å². The Morgan fingerprint density at radius 1 is 0.609 bits per heavy atom. The van der Waals surface area contributed by atoms with Crippen LogP contribution in [0.2, 0.25) is 10.0 Å². The first kappa shape index (κ1) is 50.4. The van der Waals surface area contributed by atoms with Crippen molar-refractivity contribution in [2.75, 3.05) is 42.1 Å². The predicted octanol–water partition coefficient (Wildman–Crippen LogP) is 11.0. The summed E-state index contributed by atoms with van der Waals surface area (Å²) in [5.41, 5.74) is 3.13. The van der Waals surface area contributed by atoms with Crippen LogP contribution >= 0.6 is 35.4 Å². The van der Waals surface area contributed by atoms with Crippen LogP contribution in [-0.2, 0) is 26.2 Å². The Labute approximate surface area is 412 Å². The van der Waals surface area contributed by atoms with E-state index in [1.54, 1.807) is 47.4 Å². The maximum atomic E-state index is 14.2. The number of carbonyl (C=O) groups is 3. The predicted molar refractivity (Wildman–Crippen MR) is 260 cm³/mol. The molecule has 3 heterocycles. The molecule has 1 fully saturated rings.